The van der Waals surface area contributed by atoms with Crippen LogP contribution in [-0.2, 0) is 0 Å². The number of hydrogen-bond acceptors (Lipinski definition) is 2. The molecule has 0 saturated heterocycles. The summed E-state index contributed by atoms with van der Waals surface area (Å²) in [4.78, 5) is 4.96. The van der Waals surface area contributed by atoms with E-state index in [1.54, 1.807) is 0 Å². The molecule has 1 aliphatic rings. The van der Waals surface area contributed by atoms with Gasteiger partial charge in [-0.25, -0.2) is 0 Å². The fourth-order valence-corrected chi connectivity index (χ4v) is 10.1. The molecule has 1 aliphatic heterocycles. The summed E-state index contributed by atoms with van der Waals surface area (Å²) in [5, 5.41) is 4.83. The second-order valence-electron chi connectivity index (χ2n) is 16.6. The quantitative estimate of drug-likeness (QED) is 0.166. The third-order valence-corrected chi connectivity index (χ3v) is 13.0. The standard InChI is InChI=1S/C60H40N4/c1-5-18-41(19-6-1)43-32-34-47(35-33-43)61-53-30-15-13-28-49(53)51-37-57-59(39-55(51)61)62(45-23-9-3-10-24-45)58-38-52-50-29-14-16-31-54(50)64(48-27-17-22-44(36-48)42-20-7-2-8-21-42)56(52)40-60(58)63(57)46-25-11-4-12-26-46/h1-40H. The monoisotopic (exact) mass is 816 g/mol. The maximum absolute atomic E-state index is 2.48. The molecular weight excluding hydrogens is 777 g/mol. The van der Waals surface area contributed by atoms with E-state index >= 15 is 0 Å². The van der Waals surface area contributed by atoms with Crippen LogP contribution in [0.25, 0.3) is 77.2 Å². The first-order chi connectivity index (χ1) is 31.8. The minimum absolute atomic E-state index is 1.10. The van der Waals surface area contributed by atoms with E-state index in [4.69, 9.17) is 0 Å². The molecule has 3 heterocycles. The molecule has 64 heavy (non-hydrogen) atoms. The third-order valence-electron chi connectivity index (χ3n) is 13.0. The van der Waals surface area contributed by atoms with Crippen LogP contribution in [0.2, 0.25) is 0 Å². The van der Waals surface area contributed by atoms with Gasteiger partial charge in [-0.3, -0.25) is 0 Å². The van der Waals surface area contributed by atoms with Crippen molar-refractivity contribution in [3.63, 3.8) is 0 Å². The van der Waals surface area contributed by atoms with Crippen LogP contribution < -0.4 is 9.80 Å². The molecule has 0 bridgehead atoms. The van der Waals surface area contributed by atoms with Gasteiger partial charge in [0.05, 0.1) is 44.8 Å². The number of anilines is 6. The molecule has 0 fully saturated rings. The summed E-state index contributed by atoms with van der Waals surface area (Å²) < 4.78 is 4.88. The molecular formula is C60H40N4. The first-order valence-corrected chi connectivity index (χ1v) is 21.9. The van der Waals surface area contributed by atoms with Crippen LogP contribution in [0.1, 0.15) is 0 Å². The highest BCUT2D eigenvalue weighted by Gasteiger charge is 2.33. The Morgan fingerprint density at radius 3 is 1.09 bits per heavy atom. The highest BCUT2D eigenvalue weighted by Crippen LogP contribution is 2.57. The average molecular weight is 817 g/mol. The van der Waals surface area contributed by atoms with Crippen molar-refractivity contribution in [2.75, 3.05) is 9.80 Å². The topological polar surface area (TPSA) is 16.3 Å². The van der Waals surface area contributed by atoms with E-state index in [-0.39, 0.29) is 0 Å². The molecule has 300 valence electrons. The molecule has 0 saturated carbocycles. The molecule has 10 aromatic carbocycles. The number of nitrogens with zero attached hydrogens (tertiary/aromatic N) is 4. The Hall–Kier alpha value is -8.60. The van der Waals surface area contributed by atoms with Gasteiger partial charge in [0.2, 0.25) is 0 Å². The third kappa shape index (κ3) is 5.63. The zero-order chi connectivity index (χ0) is 42.1. The number of benzene rings is 10. The summed E-state index contributed by atoms with van der Waals surface area (Å²) in [5.41, 5.74) is 18.3. The maximum atomic E-state index is 2.48. The molecule has 13 rings (SSSR count). The highest BCUT2D eigenvalue weighted by atomic mass is 15.3. The molecule has 2 aromatic heterocycles. The fourth-order valence-electron chi connectivity index (χ4n) is 10.1. The summed E-state index contributed by atoms with van der Waals surface area (Å²) in [5.74, 6) is 0. The van der Waals surface area contributed by atoms with Gasteiger partial charge in [0.15, 0.2) is 0 Å². The Kier molecular flexibility index (Phi) is 8.18. The van der Waals surface area contributed by atoms with Gasteiger partial charge in [-0.2, -0.15) is 0 Å². The van der Waals surface area contributed by atoms with E-state index in [0.29, 0.717) is 0 Å². The second kappa shape index (κ2) is 14.5. The average Bonchev–Trinajstić information content (AvgIpc) is 3.87. The number of fused-ring (bicyclic) bond motifs is 8. The molecule has 12 aromatic rings. The van der Waals surface area contributed by atoms with Crippen molar-refractivity contribution in [1.29, 1.82) is 0 Å². The van der Waals surface area contributed by atoms with E-state index < -0.39 is 0 Å². The number of para-hydroxylation sites is 4. The van der Waals surface area contributed by atoms with Gasteiger partial charge < -0.3 is 18.9 Å². The van der Waals surface area contributed by atoms with E-state index in [9.17, 15) is 0 Å². The lowest BCUT2D eigenvalue weighted by Crippen LogP contribution is -2.24. The van der Waals surface area contributed by atoms with Crippen molar-refractivity contribution in [2.45, 2.75) is 0 Å². The normalized spacial score (nSPS) is 12.3. The van der Waals surface area contributed by atoms with Crippen molar-refractivity contribution in [3.05, 3.63) is 243 Å². The molecule has 0 unspecified atom stereocenters. The Balaban J connectivity index is 1.10. The van der Waals surface area contributed by atoms with Crippen LogP contribution >= 0.6 is 0 Å². The fraction of sp³-hybridized carbons (Fsp3) is 0. The van der Waals surface area contributed by atoms with Crippen molar-refractivity contribution >= 4 is 77.7 Å². The minimum Gasteiger partial charge on any atom is -0.309 e. The van der Waals surface area contributed by atoms with E-state index in [2.05, 4.69) is 262 Å². The molecule has 4 nitrogen and oxygen atoms in total. The van der Waals surface area contributed by atoms with Crippen LogP contribution in [0, 0.1) is 0 Å². The smallest absolute Gasteiger partial charge is 0.0724 e. The second-order valence-corrected chi connectivity index (χ2v) is 16.6. The van der Waals surface area contributed by atoms with Crippen molar-refractivity contribution in [2.24, 2.45) is 0 Å². The Bertz CT molecular complexity index is 3700. The molecule has 0 N–H and O–H groups in total. The largest absolute Gasteiger partial charge is 0.309 e. The summed E-state index contributed by atoms with van der Waals surface area (Å²) in [6.07, 6.45) is 0. The van der Waals surface area contributed by atoms with Crippen molar-refractivity contribution in [1.82, 2.24) is 9.13 Å². The van der Waals surface area contributed by atoms with E-state index in [1.807, 2.05) is 0 Å². The van der Waals surface area contributed by atoms with Crippen LogP contribution in [0.4, 0.5) is 34.1 Å². The van der Waals surface area contributed by atoms with Crippen LogP contribution in [0.3, 0.4) is 0 Å². The zero-order valence-corrected chi connectivity index (χ0v) is 34.9. The number of aromatic nitrogens is 2. The Morgan fingerprint density at radius 1 is 0.203 bits per heavy atom. The first-order valence-electron chi connectivity index (χ1n) is 21.9. The minimum atomic E-state index is 1.10. The lowest BCUT2D eigenvalue weighted by molar-refractivity contribution is 1.15. The van der Waals surface area contributed by atoms with E-state index in [0.717, 1.165) is 56.5 Å². The van der Waals surface area contributed by atoms with Crippen LogP contribution in [0.15, 0.2) is 243 Å². The van der Waals surface area contributed by atoms with Gasteiger partial charge in [0.25, 0.3) is 0 Å². The van der Waals surface area contributed by atoms with Crippen molar-refractivity contribution in [3.8, 4) is 33.6 Å². The lowest BCUT2D eigenvalue weighted by atomic mass is 10.0. The maximum Gasteiger partial charge on any atom is 0.0724 e. The Labute approximate surface area is 371 Å². The number of rotatable bonds is 6. The van der Waals surface area contributed by atoms with Gasteiger partial charge in [0, 0.05) is 44.3 Å². The van der Waals surface area contributed by atoms with Gasteiger partial charge in [0.1, 0.15) is 0 Å². The molecule has 0 atom stereocenters. The first kappa shape index (κ1) is 36.1. The molecule has 0 radical (unpaired) electrons. The SMILES string of the molecule is c1ccc(-c2ccc(-n3c4ccccc4c4cc5c(cc43)N(c3ccccc3)c3cc4c6ccccc6n(-c6cccc(-c7ccccc7)c6)c4cc3N5c3ccccc3)cc2)cc1. The van der Waals surface area contributed by atoms with Crippen LogP contribution in [0.5, 0.6) is 0 Å². The molecule has 0 spiro atoms. The van der Waals surface area contributed by atoms with Gasteiger partial charge in [-0.05, 0) is 107 Å². The van der Waals surface area contributed by atoms with Gasteiger partial charge in [-0.1, -0.05) is 158 Å². The zero-order valence-electron chi connectivity index (χ0n) is 34.9. The predicted octanol–water partition coefficient (Wildman–Crippen LogP) is 16.5. The Morgan fingerprint density at radius 2 is 0.578 bits per heavy atom. The lowest BCUT2D eigenvalue weighted by Gasteiger charge is -2.40. The van der Waals surface area contributed by atoms with E-state index in [1.165, 1.54) is 54.8 Å². The predicted molar refractivity (Wildman–Crippen MR) is 269 cm³/mol. The van der Waals surface area contributed by atoms with Crippen LogP contribution in [-0.4, -0.2) is 9.13 Å². The molecule has 0 aliphatic carbocycles. The molecule has 0 amide bonds. The highest BCUT2D eigenvalue weighted by molar-refractivity contribution is 6.18. The summed E-state index contributed by atoms with van der Waals surface area (Å²) in [7, 11) is 0. The summed E-state index contributed by atoms with van der Waals surface area (Å²) in [6, 6.07) is 88.3. The number of hydrogen-bond donors (Lipinski definition) is 0. The van der Waals surface area contributed by atoms with Gasteiger partial charge in [-0.15, -0.1) is 0 Å². The summed E-state index contributed by atoms with van der Waals surface area (Å²) >= 11 is 0. The summed E-state index contributed by atoms with van der Waals surface area (Å²) in [6.45, 7) is 0. The molecule has 4 heteroatoms. The van der Waals surface area contributed by atoms with Gasteiger partial charge >= 0.3 is 0 Å². The van der Waals surface area contributed by atoms with Crippen molar-refractivity contribution < 1.29 is 0 Å².